The summed E-state index contributed by atoms with van der Waals surface area (Å²) in [7, 11) is 0. The van der Waals surface area contributed by atoms with Gasteiger partial charge in [-0.3, -0.25) is 0 Å². The fraction of sp³-hybridized carbons (Fsp3) is 0.333. The Hall–Kier alpha value is -1.94. The van der Waals surface area contributed by atoms with Gasteiger partial charge in [-0.05, 0) is 32.9 Å². The number of aromatic nitrogens is 2. The summed E-state index contributed by atoms with van der Waals surface area (Å²) >= 11 is 0. The molecule has 0 saturated carbocycles. The van der Waals surface area contributed by atoms with Crippen LogP contribution in [-0.2, 0) is 6.54 Å². The van der Waals surface area contributed by atoms with Gasteiger partial charge in [-0.25, -0.2) is 9.97 Å². The topological polar surface area (TPSA) is 55.0 Å². The molecule has 4 heteroatoms. The zero-order valence-electron chi connectivity index (χ0n) is 11.7. The molecule has 2 rings (SSSR count). The lowest BCUT2D eigenvalue weighted by Crippen LogP contribution is -2.19. The molecule has 0 unspecified atom stereocenters. The summed E-state index contributed by atoms with van der Waals surface area (Å²) in [4.78, 5) is 11.1. The van der Waals surface area contributed by atoms with E-state index in [9.17, 15) is 0 Å². The molecule has 1 heterocycles. The molecule has 0 fully saturated rings. The quantitative estimate of drug-likeness (QED) is 0.913. The number of hydrogen-bond acceptors (Lipinski definition) is 4. The summed E-state index contributed by atoms with van der Waals surface area (Å²) in [6.45, 7) is 7.44. The van der Waals surface area contributed by atoms with Crippen LogP contribution in [0.2, 0.25) is 0 Å². The Morgan fingerprint density at radius 3 is 2.37 bits per heavy atom. The van der Waals surface area contributed by atoms with E-state index in [0.717, 1.165) is 29.4 Å². The molecular formula is C15H20N4. The van der Waals surface area contributed by atoms with Gasteiger partial charge in [0.2, 0.25) is 5.95 Å². The molecule has 2 aromatic rings. The summed E-state index contributed by atoms with van der Waals surface area (Å²) < 4.78 is 0. The number of nitrogens with two attached hydrogens (primary N) is 1. The van der Waals surface area contributed by atoms with Gasteiger partial charge in [-0.2, -0.15) is 0 Å². The highest BCUT2D eigenvalue weighted by Crippen LogP contribution is 2.22. The van der Waals surface area contributed by atoms with Crippen LogP contribution in [0.1, 0.15) is 23.7 Å². The molecule has 0 bridgehead atoms. The molecule has 0 atom stereocenters. The molecule has 0 aliphatic heterocycles. The maximum atomic E-state index is 5.64. The molecule has 0 amide bonds. The lowest BCUT2D eigenvalue weighted by Gasteiger charge is -2.21. The highest BCUT2D eigenvalue weighted by molar-refractivity contribution is 5.57. The Bertz CT molecular complexity index is 549. The highest BCUT2D eigenvalue weighted by Gasteiger charge is 2.11. The Balaban J connectivity index is 2.36. The molecule has 0 aliphatic rings. The average Bonchev–Trinajstić information content (AvgIpc) is 2.42. The smallest absolute Gasteiger partial charge is 0.230 e. The van der Waals surface area contributed by atoms with Crippen molar-refractivity contribution in [1.82, 2.24) is 9.97 Å². The lowest BCUT2D eigenvalue weighted by molar-refractivity contribution is 0.903. The summed E-state index contributed by atoms with van der Waals surface area (Å²) in [5.74, 6) is 0.723. The van der Waals surface area contributed by atoms with Gasteiger partial charge in [0.1, 0.15) is 0 Å². The number of anilines is 2. The first-order valence-electron chi connectivity index (χ1n) is 6.52. The molecule has 1 aromatic carbocycles. The second-order valence-corrected chi connectivity index (χ2v) is 4.56. The molecule has 0 radical (unpaired) electrons. The van der Waals surface area contributed by atoms with Crippen LogP contribution >= 0.6 is 0 Å². The number of benzene rings is 1. The molecule has 100 valence electrons. The standard InChI is InChI=1S/C15H20N4/c1-4-19(14-7-5-11(2)6-8-14)15-17-10-13(9-16)12(3)18-15/h5-8,10H,4,9,16H2,1-3H3. The van der Waals surface area contributed by atoms with Crippen molar-refractivity contribution < 1.29 is 0 Å². The molecule has 2 N–H and O–H groups in total. The summed E-state index contributed by atoms with van der Waals surface area (Å²) in [5, 5.41) is 0. The van der Waals surface area contributed by atoms with Crippen LogP contribution in [0, 0.1) is 13.8 Å². The van der Waals surface area contributed by atoms with Crippen molar-refractivity contribution in [2.24, 2.45) is 5.73 Å². The van der Waals surface area contributed by atoms with Gasteiger partial charge in [0.05, 0.1) is 0 Å². The minimum atomic E-state index is 0.475. The van der Waals surface area contributed by atoms with Gasteiger partial charge < -0.3 is 10.6 Å². The zero-order valence-corrected chi connectivity index (χ0v) is 11.7. The lowest BCUT2D eigenvalue weighted by atomic mass is 10.2. The Kier molecular flexibility index (Phi) is 4.12. The Labute approximate surface area is 114 Å². The van der Waals surface area contributed by atoms with Gasteiger partial charge in [0.25, 0.3) is 0 Å². The first-order valence-corrected chi connectivity index (χ1v) is 6.52. The maximum Gasteiger partial charge on any atom is 0.230 e. The third kappa shape index (κ3) is 2.90. The van der Waals surface area contributed by atoms with Crippen LogP contribution in [0.3, 0.4) is 0 Å². The summed E-state index contributed by atoms with van der Waals surface area (Å²) in [6, 6.07) is 8.38. The van der Waals surface area contributed by atoms with Crippen LogP contribution < -0.4 is 10.6 Å². The van der Waals surface area contributed by atoms with E-state index in [1.54, 1.807) is 0 Å². The third-order valence-electron chi connectivity index (χ3n) is 3.19. The SMILES string of the molecule is CCN(c1ccc(C)cc1)c1ncc(CN)c(C)n1. The predicted octanol–water partition coefficient (Wildman–Crippen LogP) is 2.71. The maximum absolute atomic E-state index is 5.64. The van der Waals surface area contributed by atoms with E-state index in [1.807, 2.05) is 13.1 Å². The Morgan fingerprint density at radius 1 is 1.16 bits per heavy atom. The zero-order chi connectivity index (χ0) is 13.8. The van der Waals surface area contributed by atoms with Crippen molar-refractivity contribution in [3.05, 3.63) is 47.3 Å². The third-order valence-corrected chi connectivity index (χ3v) is 3.19. The fourth-order valence-electron chi connectivity index (χ4n) is 1.97. The molecule has 1 aromatic heterocycles. The van der Waals surface area contributed by atoms with E-state index in [0.29, 0.717) is 6.54 Å². The van der Waals surface area contributed by atoms with Gasteiger partial charge in [0.15, 0.2) is 0 Å². The fourth-order valence-corrected chi connectivity index (χ4v) is 1.97. The van der Waals surface area contributed by atoms with Crippen LogP contribution in [0.5, 0.6) is 0 Å². The van der Waals surface area contributed by atoms with Crippen molar-refractivity contribution in [3.63, 3.8) is 0 Å². The monoisotopic (exact) mass is 256 g/mol. The van der Waals surface area contributed by atoms with E-state index in [2.05, 4.69) is 53.0 Å². The van der Waals surface area contributed by atoms with Crippen molar-refractivity contribution >= 4 is 11.6 Å². The normalized spacial score (nSPS) is 10.5. The second-order valence-electron chi connectivity index (χ2n) is 4.56. The van der Waals surface area contributed by atoms with E-state index in [1.165, 1.54) is 5.56 Å². The minimum Gasteiger partial charge on any atom is -0.326 e. The number of hydrogen-bond donors (Lipinski definition) is 1. The largest absolute Gasteiger partial charge is 0.326 e. The molecule has 4 nitrogen and oxygen atoms in total. The van der Waals surface area contributed by atoms with Gasteiger partial charge in [-0.1, -0.05) is 17.7 Å². The molecular weight excluding hydrogens is 236 g/mol. The minimum absolute atomic E-state index is 0.475. The summed E-state index contributed by atoms with van der Waals surface area (Å²) in [6.07, 6.45) is 1.81. The van der Waals surface area contributed by atoms with E-state index in [4.69, 9.17) is 5.73 Å². The van der Waals surface area contributed by atoms with Gasteiger partial charge in [-0.15, -0.1) is 0 Å². The number of nitrogens with zero attached hydrogens (tertiary/aromatic N) is 3. The average molecular weight is 256 g/mol. The summed E-state index contributed by atoms with van der Waals surface area (Å²) in [5.41, 5.74) is 9.93. The number of aryl methyl sites for hydroxylation is 2. The van der Waals surface area contributed by atoms with Gasteiger partial charge in [0, 0.05) is 36.2 Å². The molecule has 0 saturated heterocycles. The molecule has 19 heavy (non-hydrogen) atoms. The van der Waals surface area contributed by atoms with E-state index >= 15 is 0 Å². The van der Waals surface area contributed by atoms with E-state index < -0.39 is 0 Å². The van der Waals surface area contributed by atoms with Crippen molar-refractivity contribution in [1.29, 1.82) is 0 Å². The van der Waals surface area contributed by atoms with Crippen molar-refractivity contribution in [2.75, 3.05) is 11.4 Å². The van der Waals surface area contributed by atoms with Crippen LogP contribution in [0.25, 0.3) is 0 Å². The van der Waals surface area contributed by atoms with Crippen molar-refractivity contribution in [2.45, 2.75) is 27.3 Å². The first kappa shape index (κ1) is 13.5. The first-order chi connectivity index (χ1) is 9.15. The second kappa shape index (κ2) is 5.80. The van der Waals surface area contributed by atoms with Gasteiger partial charge >= 0.3 is 0 Å². The number of rotatable bonds is 4. The molecule has 0 spiro atoms. The van der Waals surface area contributed by atoms with Crippen LogP contribution in [-0.4, -0.2) is 16.5 Å². The highest BCUT2D eigenvalue weighted by atomic mass is 15.2. The van der Waals surface area contributed by atoms with E-state index in [-0.39, 0.29) is 0 Å². The van der Waals surface area contributed by atoms with Crippen LogP contribution in [0.15, 0.2) is 30.5 Å². The Morgan fingerprint density at radius 2 is 1.84 bits per heavy atom. The molecule has 0 aliphatic carbocycles. The van der Waals surface area contributed by atoms with Crippen LogP contribution in [0.4, 0.5) is 11.6 Å². The van der Waals surface area contributed by atoms with Crippen molar-refractivity contribution in [3.8, 4) is 0 Å². The predicted molar refractivity (Wildman–Crippen MR) is 78.5 cm³/mol.